The smallest absolute Gasteiger partial charge is 0.278 e. The summed E-state index contributed by atoms with van der Waals surface area (Å²) in [5, 5.41) is 4.35. The summed E-state index contributed by atoms with van der Waals surface area (Å²) >= 11 is 0. The molecule has 1 fully saturated rings. The number of para-hydroxylation sites is 1. The second-order valence-electron chi connectivity index (χ2n) is 6.20. The summed E-state index contributed by atoms with van der Waals surface area (Å²) in [5.41, 5.74) is 0.478. The number of benzene rings is 1. The Morgan fingerprint density at radius 3 is 2.72 bits per heavy atom. The molecule has 1 aromatic heterocycles. The summed E-state index contributed by atoms with van der Waals surface area (Å²) in [7, 11) is 1.45. The van der Waals surface area contributed by atoms with Crippen molar-refractivity contribution >= 4 is 5.91 Å². The summed E-state index contributed by atoms with van der Waals surface area (Å²) in [5.74, 6) is 0.0516. The lowest BCUT2D eigenvalue weighted by Crippen LogP contribution is -2.44. The molecular formula is C19H23N3O3. The number of methoxy groups -OCH3 is 1. The van der Waals surface area contributed by atoms with Gasteiger partial charge in [0.1, 0.15) is 0 Å². The van der Waals surface area contributed by atoms with E-state index >= 15 is 0 Å². The van der Waals surface area contributed by atoms with Crippen LogP contribution in [-0.4, -0.2) is 40.3 Å². The van der Waals surface area contributed by atoms with Gasteiger partial charge in [-0.1, -0.05) is 25.1 Å². The lowest BCUT2D eigenvalue weighted by Gasteiger charge is -2.35. The number of nitrogens with zero attached hydrogens (tertiary/aromatic N) is 3. The number of carbonyl (C=O) groups is 1. The fourth-order valence-corrected chi connectivity index (χ4v) is 3.33. The van der Waals surface area contributed by atoms with Crippen LogP contribution >= 0.6 is 0 Å². The normalized spacial score (nSPS) is 17.4. The molecule has 0 N–H and O–H groups in total. The third kappa shape index (κ3) is 3.43. The molecule has 0 bridgehead atoms. The lowest BCUT2D eigenvalue weighted by atomic mass is 9.99. The summed E-state index contributed by atoms with van der Waals surface area (Å²) in [6.07, 6.45) is 4.04. The second kappa shape index (κ2) is 7.51. The first-order chi connectivity index (χ1) is 12.2. The molecule has 2 heterocycles. The Hall–Kier alpha value is -2.63. The maximum atomic E-state index is 13.1. The second-order valence-corrected chi connectivity index (χ2v) is 6.20. The van der Waals surface area contributed by atoms with Crippen molar-refractivity contribution in [1.29, 1.82) is 0 Å². The molecule has 0 saturated carbocycles. The Bertz CT molecular complexity index is 801. The number of rotatable bonds is 4. The number of likely N-dealkylation sites (tertiary alicyclic amines) is 1. The molecule has 0 spiro atoms. The number of aromatic nitrogens is 2. The van der Waals surface area contributed by atoms with Crippen molar-refractivity contribution in [2.24, 2.45) is 0 Å². The monoisotopic (exact) mass is 341 g/mol. The van der Waals surface area contributed by atoms with Crippen LogP contribution in [0.4, 0.5) is 0 Å². The summed E-state index contributed by atoms with van der Waals surface area (Å²) in [4.78, 5) is 27.3. The highest BCUT2D eigenvalue weighted by Gasteiger charge is 2.30. The molecule has 25 heavy (non-hydrogen) atoms. The van der Waals surface area contributed by atoms with Gasteiger partial charge in [-0.15, -0.1) is 0 Å². The molecule has 1 aliphatic rings. The quantitative estimate of drug-likeness (QED) is 0.857. The highest BCUT2D eigenvalue weighted by Crippen LogP contribution is 2.24. The molecule has 6 heteroatoms. The van der Waals surface area contributed by atoms with Crippen LogP contribution in [0.5, 0.6) is 5.75 Å². The number of amides is 1. The van der Waals surface area contributed by atoms with Crippen LogP contribution in [-0.2, 0) is 0 Å². The lowest BCUT2D eigenvalue weighted by molar-refractivity contribution is 0.0596. The van der Waals surface area contributed by atoms with Gasteiger partial charge >= 0.3 is 0 Å². The first kappa shape index (κ1) is 17.2. The van der Waals surface area contributed by atoms with Crippen LogP contribution in [0.1, 0.15) is 43.1 Å². The minimum atomic E-state index is -0.328. The highest BCUT2D eigenvalue weighted by atomic mass is 16.5. The van der Waals surface area contributed by atoms with Crippen molar-refractivity contribution < 1.29 is 9.53 Å². The van der Waals surface area contributed by atoms with E-state index in [0.717, 1.165) is 25.7 Å². The van der Waals surface area contributed by atoms with Crippen molar-refractivity contribution in [3.05, 3.63) is 52.4 Å². The standard InChI is InChI=1S/C19H23N3O3/c1-3-14-9-7-8-12-21(14)19(24)18-16(25-2)13-17(23)22(20-18)15-10-5-4-6-11-15/h4-6,10-11,13-14H,3,7-9,12H2,1-2H3/t14-/m1/s1. The van der Waals surface area contributed by atoms with Crippen molar-refractivity contribution in [1.82, 2.24) is 14.7 Å². The van der Waals surface area contributed by atoms with Crippen LogP contribution in [0.3, 0.4) is 0 Å². The highest BCUT2D eigenvalue weighted by molar-refractivity contribution is 5.95. The van der Waals surface area contributed by atoms with Gasteiger partial charge in [0.15, 0.2) is 11.4 Å². The number of hydrogen-bond donors (Lipinski definition) is 0. The minimum Gasteiger partial charge on any atom is -0.494 e. The molecule has 3 rings (SSSR count). The Balaban J connectivity index is 2.05. The predicted molar refractivity (Wildman–Crippen MR) is 95.4 cm³/mol. The molecule has 2 aromatic rings. The Kier molecular flexibility index (Phi) is 5.16. The number of piperidine rings is 1. The van der Waals surface area contributed by atoms with Gasteiger partial charge in [-0.25, -0.2) is 0 Å². The van der Waals surface area contributed by atoms with E-state index in [0.29, 0.717) is 12.2 Å². The van der Waals surface area contributed by atoms with Gasteiger partial charge in [0.2, 0.25) is 0 Å². The van der Waals surface area contributed by atoms with Crippen LogP contribution in [0.2, 0.25) is 0 Å². The molecule has 132 valence electrons. The van der Waals surface area contributed by atoms with E-state index in [4.69, 9.17) is 4.74 Å². The Morgan fingerprint density at radius 2 is 2.04 bits per heavy atom. The molecule has 0 unspecified atom stereocenters. The van der Waals surface area contributed by atoms with Gasteiger partial charge in [-0.2, -0.15) is 9.78 Å². The number of carbonyl (C=O) groups excluding carboxylic acids is 1. The molecule has 1 aliphatic heterocycles. The van der Waals surface area contributed by atoms with Gasteiger partial charge in [-0.05, 0) is 37.8 Å². The van der Waals surface area contributed by atoms with Crippen LogP contribution < -0.4 is 10.3 Å². The predicted octanol–water partition coefficient (Wildman–Crippen LogP) is 2.65. The molecule has 0 radical (unpaired) electrons. The molecule has 1 aromatic carbocycles. The number of hydrogen-bond acceptors (Lipinski definition) is 4. The van der Waals surface area contributed by atoms with Gasteiger partial charge < -0.3 is 9.64 Å². The average Bonchev–Trinajstić information content (AvgIpc) is 2.67. The molecule has 6 nitrogen and oxygen atoms in total. The molecular weight excluding hydrogens is 318 g/mol. The van der Waals surface area contributed by atoms with Crippen molar-refractivity contribution in [3.63, 3.8) is 0 Å². The van der Waals surface area contributed by atoms with E-state index in [1.807, 2.05) is 23.1 Å². The largest absolute Gasteiger partial charge is 0.494 e. The molecule has 1 amide bonds. The van der Waals surface area contributed by atoms with E-state index in [-0.39, 0.29) is 29.0 Å². The van der Waals surface area contributed by atoms with Gasteiger partial charge in [0, 0.05) is 12.6 Å². The average molecular weight is 341 g/mol. The first-order valence-corrected chi connectivity index (χ1v) is 8.70. The third-order valence-corrected chi connectivity index (χ3v) is 4.68. The zero-order valence-electron chi connectivity index (χ0n) is 14.6. The van der Waals surface area contributed by atoms with E-state index in [2.05, 4.69) is 12.0 Å². The summed E-state index contributed by atoms with van der Waals surface area (Å²) in [6, 6.07) is 10.6. The van der Waals surface area contributed by atoms with E-state index in [9.17, 15) is 9.59 Å². The van der Waals surface area contributed by atoms with Crippen molar-refractivity contribution in [2.45, 2.75) is 38.6 Å². The van der Waals surface area contributed by atoms with E-state index in [1.54, 1.807) is 12.1 Å². The minimum absolute atomic E-state index is 0.173. The fraction of sp³-hybridized carbons (Fsp3) is 0.421. The van der Waals surface area contributed by atoms with E-state index < -0.39 is 0 Å². The maximum Gasteiger partial charge on any atom is 0.278 e. The summed E-state index contributed by atoms with van der Waals surface area (Å²) < 4.78 is 6.53. The van der Waals surface area contributed by atoms with Gasteiger partial charge in [0.25, 0.3) is 11.5 Å². The topological polar surface area (TPSA) is 64.4 Å². The first-order valence-electron chi connectivity index (χ1n) is 8.70. The van der Waals surface area contributed by atoms with Crippen molar-refractivity contribution in [2.75, 3.05) is 13.7 Å². The van der Waals surface area contributed by atoms with Gasteiger partial charge in [-0.3, -0.25) is 9.59 Å². The zero-order valence-corrected chi connectivity index (χ0v) is 14.6. The van der Waals surface area contributed by atoms with E-state index in [1.165, 1.54) is 17.9 Å². The fourth-order valence-electron chi connectivity index (χ4n) is 3.33. The summed E-state index contributed by atoms with van der Waals surface area (Å²) in [6.45, 7) is 2.80. The Morgan fingerprint density at radius 1 is 1.28 bits per heavy atom. The van der Waals surface area contributed by atoms with Crippen LogP contribution in [0.15, 0.2) is 41.2 Å². The van der Waals surface area contributed by atoms with Gasteiger partial charge in [0.05, 0.1) is 18.9 Å². The maximum absolute atomic E-state index is 13.1. The molecule has 1 saturated heterocycles. The Labute approximate surface area is 147 Å². The van der Waals surface area contributed by atoms with Crippen molar-refractivity contribution in [3.8, 4) is 11.4 Å². The third-order valence-electron chi connectivity index (χ3n) is 4.68. The molecule has 0 aliphatic carbocycles. The SMILES string of the molecule is CC[C@@H]1CCCCN1C(=O)c1nn(-c2ccccc2)c(=O)cc1OC. The number of ether oxygens (including phenoxy) is 1. The zero-order chi connectivity index (χ0) is 17.8. The van der Waals surface area contributed by atoms with Crippen LogP contribution in [0.25, 0.3) is 5.69 Å². The van der Waals surface area contributed by atoms with Crippen LogP contribution in [0, 0.1) is 0 Å². The molecule has 1 atom stereocenters.